The van der Waals surface area contributed by atoms with Crippen molar-refractivity contribution in [2.24, 2.45) is 0 Å². The molecule has 2 N–H and O–H groups in total. The summed E-state index contributed by atoms with van der Waals surface area (Å²) in [5, 5.41) is 9.91. The molecule has 45 heavy (non-hydrogen) atoms. The molecule has 4 aromatic rings. The van der Waals surface area contributed by atoms with Crippen LogP contribution in [-0.2, 0) is 18.4 Å². The van der Waals surface area contributed by atoms with Gasteiger partial charge in [-0.1, -0.05) is 75.4 Å². The number of thiazole rings is 1. The van der Waals surface area contributed by atoms with Gasteiger partial charge in [0.25, 0.3) is 11.8 Å². The van der Waals surface area contributed by atoms with Crippen molar-refractivity contribution in [3.63, 3.8) is 0 Å². The highest BCUT2D eigenvalue weighted by atomic mass is 32.1. The van der Waals surface area contributed by atoms with E-state index >= 15 is 0 Å². The van der Waals surface area contributed by atoms with E-state index in [2.05, 4.69) is 72.8 Å². The molecule has 1 aliphatic heterocycles. The molecule has 0 saturated carbocycles. The number of likely N-dealkylation sites (tertiary alicyclic amines) is 1. The molecule has 6 nitrogen and oxygen atoms in total. The summed E-state index contributed by atoms with van der Waals surface area (Å²) in [6.07, 6.45) is 3.37. The molecule has 1 saturated heterocycles. The Bertz CT molecular complexity index is 1610. The van der Waals surface area contributed by atoms with E-state index < -0.39 is 0 Å². The Kier molecular flexibility index (Phi) is 10.5. The van der Waals surface area contributed by atoms with Gasteiger partial charge in [-0.15, -0.1) is 11.3 Å². The Labute approximate surface area is 272 Å². The Morgan fingerprint density at radius 1 is 0.978 bits per heavy atom. The van der Waals surface area contributed by atoms with Crippen LogP contribution in [0.1, 0.15) is 99.7 Å². The van der Waals surface area contributed by atoms with Crippen LogP contribution in [0.5, 0.6) is 0 Å². The number of nitrogens with zero attached hydrogens (tertiary/aromatic N) is 2. The Balaban J connectivity index is 1.26. The van der Waals surface area contributed by atoms with Gasteiger partial charge in [-0.3, -0.25) is 9.59 Å². The van der Waals surface area contributed by atoms with Crippen LogP contribution in [0.25, 0.3) is 0 Å². The quantitative estimate of drug-likeness (QED) is 0.169. The van der Waals surface area contributed by atoms with E-state index in [4.69, 9.17) is 0 Å². The number of aryl methyl sites for hydroxylation is 2. The fraction of sp³-hybridized carbons (Fsp3) is 0.395. The molecule has 2 amide bonds. The predicted octanol–water partition coefficient (Wildman–Crippen LogP) is 7.56. The molecule has 2 atom stereocenters. The minimum Gasteiger partial charge on any atom is -0.349 e. The summed E-state index contributed by atoms with van der Waals surface area (Å²) in [6.45, 7) is 12.9. The second-order valence-electron chi connectivity index (χ2n) is 13.3. The molecule has 7 heteroatoms. The third-order valence-electron chi connectivity index (χ3n) is 8.47. The average molecular weight is 623 g/mol. The van der Waals surface area contributed by atoms with E-state index in [1.807, 2.05) is 54.5 Å². The van der Waals surface area contributed by atoms with Crippen LogP contribution in [0.2, 0.25) is 0 Å². The summed E-state index contributed by atoms with van der Waals surface area (Å²) >= 11 is 1.62. The minimum atomic E-state index is -0.153. The highest BCUT2D eigenvalue weighted by Gasteiger charge is 2.33. The first-order valence-electron chi connectivity index (χ1n) is 16.1. The fourth-order valence-corrected chi connectivity index (χ4v) is 6.99. The number of hydrogen-bond acceptors (Lipinski definition) is 5. The molecule has 236 valence electrons. The van der Waals surface area contributed by atoms with E-state index in [0.717, 1.165) is 55.0 Å². The van der Waals surface area contributed by atoms with Gasteiger partial charge >= 0.3 is 0 Å². The van der Waals surface area contributed by atoms with Crippen LogP contribution >= 0.6 is 11.3 Å². The molecule has 5 rings (SSSR count). The Hall–Kier alpha value is -3.81. The lowest BCUT2D eigenvalue weighted by atomic mass is 9.86. The Morgan fingerprint density at radius 2 is 1.73 bits per heavy atom. The lowest BCUT2D eigenvalue weighted by Crippen LogP contribution is -2.39. The monoisotopic (exact) mass is 622 g/mol. The molecule has 3 aromatic carbocycles. The van der Waals surface area contributed by atoms with Crippen molar-refractivity contribution in [1.29, 1.82) is 0 Å². The standard InChI is InChI=1S/C38H46N4O2S/c1-26-19-30(23-31(20-26)37(44)42-18-10-15-34(42)36-40-27(2)25-45-36)35(43)41-33(22-28-11-7-6-8-12-28)16-17-39-24-29-13-9-14-32(21-29)38(3,4)5/h6-9,11-14,19-21,23,25,33-34,39H,10,15-18,22,24H2,1-5H3,(H,41,43)/t33-,34-/m1/s1. The summed E-state index contributed by atoms with van der Waals surface area (Å²) in [5.41, 5.74) is 6.82. The normalized spacial score (nSPS) is 15.7. The molecular formula is C38H46N4O2S. The smallest absolute Gasteiger partial charge is 0.254 e. The van der Waals surface area contributed by atoms with E-state index in [-0.39, 0.29) is 29.3 Å². The fourth-order valence-electron chi connectivity index (χ4n) is 6.04. The third-order valence-corrected chi connectivity index (χ3v) is 9.54. The summed E-state index contributed by atoms with van der Waals surface area (Å²) < 4.78 is 0. The van der Waals surface area contributed by atoms with Gasteiger partial charge in [-0.05, 0) is 91.9 Å². The van der Waals surface area contributed by atoms with Gasteiger partial charge < -0.3 is 15.5 Å². The topological polar surface area (TPSA) is 74.3 Å². The van der Waals surface area contributed by atoms with Crippen LogP contribution in [0, 0.1) is 13.8 Å². The average Bonchev–Trinajstić information content (AvgIpc) is 3.68. The predicted molar refractivity (Wildman–Crippen MR) is 184 cm³/mol. The van der Waals surface area contributed by atoms with E-state index in [1.165, 1.54) is 16.7 Å². The largest absolute Gasteiger partial charge is 0.349 e. The lowest BCUT2D eigenvalue weighted by Gasteiger charge is -2.24. The molecule has 1 aromatic heterocycles. The maximum atomic E-state index is 13.8. The van der Waals surface area contributed by atoms with Crippen molar-refractivity contribution in [3.05, 3.63) is 122 Å². The number of hydrogen-bond donors (Lipinski definition) is 2. The van der Waals surface area contributed by atoms with Crippen LogP contribution < -0.4 is 10.6 Å². The third kappa shape index (κ3) is 8.68. The van der Waals surface area contributed by atoms with Crippen molar-refractivity contribution in [1.82, 2.24) is 20.5 Å². The number of carbonyl (C=O) groups excluding carboxylic acids is 2. The lowest BCUT2D eigenvalue weighted by molar-refractivity contribution is 0.0735. The van der Waals surface area contributed by atoms with Gasteiger partial charge in [0.2, 0.25) is 0 Å². The molecular weight excluding hydrogens is 577 g/mol. The first kappa shape index (κ1) is 32.6. The van der Waals surface area contributed by atoms with Gasteiger partial charge in [0.15, 0.2) is 0 Å². The second kappa shape index (κ2) is 14.5. The molecule has 2 heterocycles. The Morgan fingerprint density at radius 3 is 2.47 bits per heavy atom. The van der Waals surface area contributed by atoms with E-state index in [0.29, 0.717) is 17.7 Å². The van der Waals surface area contributed by atoms with Crippen molar-refractivity contribution in [3.8, 4) is 0 Å². The number of benzene rings is 3. The number of carbonyl (C=O) groups is 2. The molecule has 0 aliphatic carbocycles. The van der Waals surface area contributed by atoms with E-state index in [1.54, 1.807) is 17.4 Å². The minimum absolute atomic E-state index is 0.00678. The van der Waals surface area contributed by atoms with Crippen molar-refractivity contribution in [2.45, 2.75) is 84.3 Å². The van der Waals surface area contributed by atoms with Crippen LogP contribution in [0.15, 0.2) is 78.2 Å². The number of amides is 2. The van der Waals surface area contributed by atoms with Gasteiger partial charge in [0, 0.05) is 41.3 Å². The van der Waals surface area contributed by atoms with Crippen LogP contribution in [-0.4, -0.2) is 40.8 Å². The first-order valence-corrected chi connectivity index (χ1v) is 16.9. The summed E-state index contributed by atoms with van der Waals surface area (Å²) in [6, 6.07) is 24.5. The highest BCUT2D eigenvalue weighted by molar-refractivity contribution is 7.09. The van der Waals surface area contributed by atoms with Gasteiger partial charge in [0.1, 0.15) is 5.01 Å². The summed E-state index contributed by atoms with van der Waals surface area (Å²) in [7, 11) is 0. The van der Waals surface area contributed by atoms with Gasteiger partial charge in [-0.2, -0.15) is 0 Å². The van der Waals surface area contributed by atoms with E-state index in [9.17, 15) is 9.59 Å². The molecule has 1 aliphatic rings. The molecule has 0 unspecified atom stereocenters. The summed E-state index contributed by atoms with van der Waals surface area (Å²) in [4.78, 5) is 34.1. The van der Waals surface area contributed by atoms with Crippen molar-refractivity contribution < 1.29 is 9.59 Å². The molecule has 0 radical (unpaired) electrons. The zero-order valence-corrected chi connectivity index (χ0v) is 28.0. The molecule has 1 fully saturated rings. The SMILES string of the molecule is Cc1cc(C(=O)N[C@H](CCNCc2cccc(C(C)(C)C)c2)Cc2ccccc2)cc(C(=O)N2CCC[C@@H]2c2nc(C)cs2)c1. The highest BCUT2D eigenvalue weighted by Crippen LogP contribution is 2.35. The first-order chi connectivity index (χ1) is 21.6. The number of rotatable bonds is 11. The second-order valence-corrected chi connectivity index (χ2v) is 14.2. The van der Waals surface area contributed by atoms with Crippen molar-refractivity contribution >= 4 is 23.2 Å². The number of nitrogens with one attached hydrogen (secondary N) is 2. The van der Waals surface area contributed by atoms with Gasteiger partial charge in [-0.25, -0.2) is 4.98 Å². The maximum Gasteiger partial charge on any atom is 0.254 e. The van der Waals surface area contributed by atoms with Crippen molar-refractivity contribution in [2.75, 3.05) is 13.1 Å². The summed E-state index contributed by atoms with van der Waals surface area (Å²) in [5.74, 6) is -0.191. The van der Waals surface area contributed by atoms with Gasteiger partial charge in [0.05, 0.1) is 6.04 Å². The van der Waals surface area contributed by atoms with Crippen LogP contribution in [0.4, 0.5) is 0 Å². The van der Waals surface area contributed by atoms with Crippen LogP contribution in [0.3, 0.4) is 0 Å². The zero-order valence-electron chi connectivity index (χ0n) is 27.2. The zero-order chi connectivity index (χ0) is 32.0. The maximum absolute atomic E-state index is 13.8. The molecule has 0 spiro atoms. The number of aromatic nitrogens is 1. The molecule has 0 bridgehead atoms.